The molecule has 0 spiro atoms. The van der Waals surface area contributed by atoms with Gasteiger partial charge in [0.15, 0.2) is 11.5 Å². The molecule has 0 saturated carbocycles. The number of anilines is 1. The van der Waals surface area contributed by atoms with Gasteiger partial charge in [0.25, 0.3) is 5.91 Å². The molecule has 2 aromatic rings. The predicted molar refractivity (Wildman–Crippen MR) is 106 cm³/mol. The van der Waals surface area contributed by atoms with E-state index in [0.29, 0.717) is 54.7 Å². The highest BCUT2D eigenvalue weighted by Crippen LogP contribution is 2.38. The Hall–Kier alpha value is -3.10. The van der Waals surface area contributed by atoms with Crippen molar-refractivity contribution in [1.82, 2.24) is 4.90 Å². The van der Waals surface area contributed by atoms with Crippen LogP contribution in [0.2, 0.25) is 0 Å². The van der Waals surface area contributed by atoms with Crippen molar-refractivity contribution in [2.45, 2.75) is 6.18 Å². The van der Waals surface area contributed by atoms with Crippen LogP contribution in [-0.4, -0.2) is 58.3 Å². The molecule has 1 aliphatic rings. The molecule has 2 aromatic carbocycles. The van der Waals surface area contributed by atoms with Gasteiger partial charge in [-0.2, -0.15) is 13.2 Å². The molecule has 1 saturated heterocycles. The molecule has 1 amide bonds. The molecule has 1 aliphatic heterocycles. The lowest BCUT2D eigenvalue weighted by atomic mass is 10.1. The smallest absolute Gasteiger partial charge is 0.416 e. The number of carbonyl (C=O) groups is 1. The van der Waals surface area contributed by atoms with Gasteiger partial charge in [0.1, 0.15) is 0 Å². The Labute approximate surface area is 172 Å². The van der Waals surface area contributed by atoms with E-state index < -0.39 is 11.7 Å². The van der Waals surface area contributed by atoms with E-state index >= 15 is 0 Å². The first kappa shape index (κ1) is 21.6. The lowest BCUT2D eigenvalue weighted by Crippen LogP contribution is -2.48. The minimum atomic E-state index is -4.39. The Bertz CT molecular complexity index is 884. The number of amides is 1. The third-order valence-corrected chi connectivity index (χ3v) is 5.02. The van der Waals surface area contributed by atoms with Crippen LogP contribution in [0.25, 0.3) is 0 Å². The summed E-state index contributed by atoms with van der Waals surface area (Å²) in [5.41, 5.74) is 0.192. The van der Waals surface area contributed by atoms with Crippen molar-refractivity contribution in [3.63, 3.8) is 0 Å². The summed E-state index contributed by atoms with van der Waals surface area (Å²) in [4.78, 5) is 16.5. The van der Waals surface area contributed by atoms with Crippen molar-refractivity contribution in [2.75, 3.05) is 52.4 Å². The van der Waals surface area contributed by atoms with Gasteiger partial charge >= 0.3 is 6.18 Å². The van der Waals surface area contributed by atoms with Crippen LogP contribution < -0.4 is 19.1 Å². The van der Waals surface area contributed by atoms with Crippen LogP contribution in [-0.2, 0) is 6.18 Å². The molecule has 3 rings (SSSR count). The summed E-state index contributed by atoms with van der Waals surface area (Å²) in [6.07, 6.45) is -4.39. The summed E-state index contributed by atoms with van der Waals surface area (Å²) in [6, 6.07) is 8.40. The summed E-state index contributed by atoms with van der Waals surface area (Å²) in [7, 11) is 4.42. The molecule has 9 heteroatoms. The summed E-state index contributed by atoms with van der Waals surface area (Å²) in [5, 5.41) is 0. The molecule has 0 atom stereocenters. The monoisotopic (exact) mass is 424 g/mol. The number of rotatable bonds is 5. The maximum atomic E-state index is 13.0. The molecule has 0 unspecified atom stereocenters. The predicted octanol–water partition coefficient (Wildman–Crippen LogP) is 3.69. The summed E-state index contributed by atoms with van der Waals surface area (Å²) in [5.74, 6) is 0.939. The normalized spacial score (nSPS) is 14.5. The van der Waals surface area contributed by atoms with Crippen molar-refractivity contribution in [3.05, 3.63) is 47.5 Å². The zero-order valence-electron chi connectivity index (χ0n) is 17.0. The number of alkyl halides is 3. The van der Waals surface area contributed by atoms with Gasteiger partial charge in [-0.05, 0) is 30.3 Å². The van der Waals surface area contributed by atoms with Crippen LogP contribution in [0.5, 0.6) is 17.2 Å². The zero-order chi connectivity index (χ0) is 21.9. The van der Waals surface area contributed by atoms with E-state index in [2.05, 4.69) is 0 Å². The van der Waals surface area contributed by atoms with Crippen molar-refractivity contribution >= 4 is 11.6 Å². The number of carbonyl (C=O) groups excluding carboxylic acids is 1. The largest absolute Gasteiger partial charge is 0.493 e. The van der Waals surface area contributed by atoms with Crippen LogP contribution >= 0.6 is 0 Å². The van der Waals surface area contributed by atoms with E-state index in [1.807, 2.05) is 4.90 Å². The lowest BCUT2D eigenvalue weighted by molar-refractivity contribution is -0.137. The molecular formula is C21H23F3N2O4. The molecule has 0 aromatic heterocycles. The number of halogens is 3. The van der Waals surface area contributed by atoms with Gasteiger partial charge in [-0.1, -0.05) is 6.07 Å². The van der Waals surface area contributed by atoms with Crippen molar-refractivity contribution in [3.8, 4) is 17.2 Å². The van der Waals surface area contributed by atoms with Gasteiger partial charge < -0.3 is 24.0 Å². The highest BCUT2D eigenvalue weighted by atomic mass is 19.4. The summed E-state index contributed by atoms with van der Waals surface area (Å²) >= 11 is 0. The second-order valence-electron chi connectivity index (χ2n) is 6.74. The molecular weight excluding hydrogens is 401 g/mol. The van der Waals surface area contributed by atoms with E-state index in [1.165, 1.54) is 27.4 Å². The van der Waals surface area contributed by atoms with E-state index in [0.717, 1.165) is 12.1 Å². The molecule has 162 valence electrons. The second kappa shape index (κ2) is 8.73. The number of nitrogens with zero attached hydrogens (tertiary/aromatic N) is 2. The highest BCUT2D eigenvalue weighted by molar-refractivity contribution is 5.95. The third kappa shape index (κ3) is 4.39. The Kier molecular flexibility index (Phi) is 6.28. The first-order valence-electron chi connectivity index (χ1n) is 9.30. The van der Waals surface area contributed by atoms with E-state index in [9.17, 15) is 18.0 Å². The van der Waals surface area contributed by atoms with Gasteiger partial charge in [0.05, 0.1) is 26.9 Å². The minimum Gasteiger partial charge on any atom is -0.493 e. The standard InChI is InChI=1S/C21H23F3N2O4/c1-28-17-11-14(12-18(29-2)19(17)30-3)20(27)26-9-7-25(8-10-26)16-6-4-5-15(13-16)21(22,23)24/h4-6,11-13H,7-10H2,1-3H3. The third-order valence-electron chi connectivity index (χ3n) is 5.02. The van der Waals surface area contributed by atoms with Crippen LogP contribution in [0.15, 0.2) is 36.4 Å². The van der Waals surface area contributed by atoms with Gasteiger partial charge in [-0.3, -0.25) is 4.79 Å². The zero-order valence-corrected chi connectivity index (χ0v) is 17.0. The number of piperazine rings is 1. The first-order chi connectivity index (χ1) is 14.3. The second-order valence-corrected chi connectivity index (χ2v) is 6.74. The Morgan fingerprint density at radius 2 is 1.50 bits per heavy atom. The van der Waals surface area contributed by atoms with Crippen LogP contribution in [0.1, 0.15) is 15.9 Å². The average Bonchev–Trinajstić information content (AvgIpc) is 2.77. The number of methoxy groups -OCH3 is 3. The van der Waals surface area contributed by atoms with Gasteiger partial charge in [-0.15, -0.1) is 0 Å². The maximum absolute atomic E-state index is 13.0. The van der Waals surface area contributed by atoms with E-state index in [4.69, 9.17) is 14.2 Å². The Balaban J connectivity index is 1.73. The molecule has 0 N–H and O–H groups in total. The Morgan fingerprint density at radius 1 is 0.900 bits per heavy atom. The fourth-order valence-electron chi connectivity index (χ4n) is 3.43. The number of hydrogen-bond acceptors (Lipinski definition) is 5. The molecule has 0 aliphatic carbocycles. The lowest BCUT2D eigenvalue weighted by Gasteiger charge is -2.36. The van der Waals surface area contributed by atoms with Crippen molar-refractivity contribution in [1.29, 1.82) is 0 Å². The summed E-state index contributed by atoms with van der Waals surface area (Å²) in [6.45, 7) is 1.62. The minimum absolute atomic E-state index is 0.210. The van der Waals surface area contributed by atoms with Crippen LogP contribution in [0, 0.1) is 0 Å². The molecule has 6 nitrogen and oxygen atoms in total. The summed E-state index contributed by atoms with van der Waals surface area (Å²) < 4.78 is 54.8. The fraction of sp³-hybridized carbons (Fsp3) is 0.381. The quantitative estimate of drug-likeness (QED) is 0.733. The van der Waals surface area contributed by atoms with E-state index in [1.54, 1.807) is 23.1 Å². The number of ether oxygens (including phenoxy) is 3. The molecule has 0 bridgehead atoms. The number of hydrogen-bond donors (Lipinski definition) is 0. The van der Waals surface area contributed by atoms with Gasteiger partial charge in [0.2, 0.25) is 5.75 Å². The molecule has 30 heavy (non-hydrogen) atoms. The topological polar surface area (TPSA) is 51.2 Å². The first-order valence-corrected chi connectivity index (χ1v) is 9.30. The average molecular weight is 424 g/mol. The molecule has 0 radical (unpaired) electrons. The van der Waals surface area contributed by atoms with Crippen LogP contribution in [0.4, 0.5) is 18.9 Å². The molecule has 1 fully saturated rings. The highest BCUT2D eigenvalue weighted by Gasteiger charge is 2.31. The van der Waals surface area contributed by atoms with Crippen molar-refractivity contribution < 1.29 is 32.2 Å². The Morgan fingerprint density at radius 3 is 2.00 bits per heavy atom. The van der Waals surface area contributed by atoms with Gasteiger partial charge in [0, 0.05) is 37.4 Å². The fourth-order valence-corrected chi connectivity index (χ4v) is 3.43. The van der Waals surface area contributed by atoms with Crippen molar-refractivity contribution in [2.24, 2.45) is 0 Å². The molecule has 1 heterocycles. The SMILES string of the molecule is COc1cc(C(=O)N2CCN(c3cccc(C(F)(F)F)c3)CC2)cc(OC)c1OC. The van der Waals surface area contributed by atoms with E-state index in [-0.39, 0.29) is 5.91 Å². The van der Waals surface area contributed by atoms with Crippen LogP contribution in [0.3, 0.4) is 0 Å². The number of benzene rings is 2. The van der Waals surface area contributed by atoms with Gasteiger partial charge in [-0.25, -0.2) is 0 Å². The maximum Gasteiger partial charge on any atom is 0.416 e.